The Kier molecular flexibility index (Phi) is 2.33. The number of Topliss-reactive ketones (excluding diaryl/α,β-unsaturated/α-hetero) is 1. The molecule has 1 saturated carbocycles. The average molecular weight is 191 g/mol. The van der Waals surface area contributed by atoms with E-state index in [2.05, 4.69) is 4.98 Å². The SMILES string of the molecule is O=C1CCCCC1(O)c1ccccn1. The number of hydrogen-bond donors (Lipinski definition) is 1. The number of carbonyl (C=O) groups excluding carboxylic acids is 1. The van der Waals surface area contributed by atoms with Crippen molar-refractivity contribution in [3.8, 4) is 0 Å². The number of ketones is 1. The molecule has 1 aromatic heterocycles. The minimum Gasteiger partial charge on any atom is -0.376 e. The normalized spacial score (nSPS) is 27.6. The van der Waals surface area contributed by atoms with Crippen LogP contribution in [0.3, 0.4) is 0 Å². The first-order chi connectivity index (χ1) is 6.73. The summed E-state index contributed by atoms with van der Waals surface area (Å²) in [5, 5.41) is 10.2. The Labute approximate surface area is 82.8 Å². The van der Waals surface area contributed by atoms with Crippen LogP contribution in [0.15, 0.2) is 24.4 Å². The average Bonchev–Trinajstić information content (AvgIpc) is 2.24. The molecule has 3 heteroatoms. The van der Waals surface area contributed by atoms with Crippen LogP contribution in [0.5, 0.6) is 0 Å². The zero-order chi connectivity index (χ0) is 10.0. The Morgan fingerprint density at radius 1 is 1.36 bits per heavy atom. The molecule has 0 saturated heterocycles. The summed E-state index contributed by atoms with van der Waals surface area (Å²) in [6, 6.07) is 5.28. The van der Waals surface area contributed by atoms with Crippen LogP contribution in [0.25, 0.3) is 0 Å². The van der Waals surface area contributed by atoms with E-state index in [9.17, 15) is 9.90 Å². The smallest absolute Gasteiger partial charge is 0.170 e. The second-order valence-electron chi connectivity index (χ2n) is 3.71. The maximum atomic E-state index is 11.6. The second kappa shape index (κ2) is 3.50. The van der Waals surface area contributed by atoms with Crippen molar-refractivity contribution in [2.24, 2.45) is 0 Å². The summed E-state index contributed by atoms with van der Waals surface area (Å²) in [6.45, 7) is 0. The van der Waals surface area contributed by atoms with Gasteiger partial charge in [0, 0.05) is 12.6 Å². The topological polar surface area (TPSA) is 50.2 Å². The first kappa shape index (κ1) is 9.34. The highest BCUT2D eigenvalue weighted by Crippen LogP contribution is 2.32. The first-order valence-electron chi connectivity index (χ1n) is 4.91. The third-order valence-electron chi connectivity index (χ3n) is 2.74. The Morgan fingerprint density at radius 2 is 2.21 bits per heavy atom. The van der Waals surface area contributed by atoms with Crippen molar-refractivity contribution >= 4 is 5.78 Å². The van der Waals surface area contributed by atoms with Crippen LogP contribution >= 0.6 is 0 Å². The molecule has 0 aromatic carbocycles. The van der Waals surface area contributed by atoms with Crippen molar-refractivity contribution in [3.63, 3.8) is 0 Å². The minimum absolute atomic E-state index is 0.0950. The van der Waals surface area contributed by atoms with E-state index in [-0.39, 0.29) is 5.78 Å². The lowest BCUT2D eigenvalue weighted by Gasteiger charge is -2.29. The predicted molar refractivity (Wildman–Crippen MR) is 51.6 cm³/mol. The standard InChI is InChI=1S/C11H13NO2/c13-10-6-1-3-7-11(10,14)9-5-2-4-8-12-9/h2,4-5,8,14H,1,3,6-7H2. The largest absolute Gasteiger partial charge is 0.376 e. The van der Waals surface area contributed by atoms with E-state index in [0.29, 0.717) is 18.5 Å². The third kappa shape index (κ3) is 1.44. The summed E-state index contributed by atoms with van der Waals surface area (Å²) in [4.78, 5) is 15.7. The number of rotatable bonds is 1. The Morgan fingerprint density at radius 3 is 2.86 bits per heavy atom. The van der Waals surface area contributed by atoms with Gasteiger partial charge < -0.3 is 5.11 Å². The minimum atomic E-state index is -1.32. The molecule has 1 N–H and O–H groups in total. The van der Waals surface area contributed by atoms with Gasteiger partial charge in [-0.05, 0) is 31.4 Å². The van der Waals surface area contributed by atoms with Crippen LogP contribution in [-0.2, 0) is 10.4 Å². The highest BCUT2D eigenvalue weighted by Gasteiger charge is 2.40. The van der Waals surface area contributed by atoms with Gasteiger partial charge in [0.2, 0.25) is 0 Å². The molecule has 0 bridgehead atoms. The summed E-state index contributed by atoms with van der Waals surface area (Å²) in [5.74, 6) is -0.0950. The molecule has 1 unspecified atom stereocenters. The summed E-state index contributed by atoms with van der Waals surface area (Å²) >= 11 is 0. The van der Waals surface area contributed by atoms with Crippen LogP contribution in [0.2, 0.25) is 0 Å². The maximum Gasteiger partial charge on any atom is 0.170 e. The van der Waals surface area contributed by atoms with Crippen LogP contribution in [0.1, 0.15) is 31.4 Å². The molecule has 1 fully saturated rings. The van der Waals surface area contributed by atoms with Crippen molar-refractivity contribution in [1.29, 1.82) is 0 Å². The van der Waals surface area contributed by atoms with Crippen molar-refractivity contribution in [3.05, 3.63) is 30.1 Å². The van der Waals surface area contributed by atoms with E-state index in [1.165, 1.54) is 0 Å². The first-order valence-corrected chi connectivity index (χ1v) is 4.91. The maximum absolute atomic E-state index is 11.6. The summed E-state index contributed by atoms with van der Waals surface area (Å²) in [5.41, 5.74) is -0.829. The zero-order valence-corrected chi connectivity index (χ0v) is 7.94. The fourth-order valence-corrected chi connectivity index (χ4v) is 1.89. The highest BCUT2D eigenvalue weighted by atomic mass is 16.3. The molecule has 1 aliphatic rings. The van der Waals surface area contributed by atoms with E-state index in [1.807, 2.05) is 0 Å². The molecule has 14 heavy (non-hydrogen) atoms. The van der Waals surface area contributed by atoms with E-state index in [0.717, 1.165) is 12.8 Å². The zero-order valence-electron chi connectivity index (χ0n) is 7.94. The fourth-order valence-electron chi connectivity index (χ4n) is 1.89. The van der Waals surface area contributed by atoms with Gasteiger partial charge in [0.25, 0.3) is 0 Å². The summed E-state index contributed by atoms with van der Waals surface area (Å²) in [7, 11) is 0. The molecule has 1 atom stereocenters. The summed E-state index contributed by atoms with van der Waals surface area (Å²) < 4.78 is 0. The van der Waals surface area contributed by atoms with Crippen LogP contribution in [-0.4, -0.2) is 15.9 Å². The number of aliphatic hydroxyl groups is 1. The third-order valence-corrected chi connectivity index (χ3v) is 2.74. The lowest BCUT2D eigenvalue weighted by Crippen LogP contribution is -2.39. The van der Waals surface area contributed by atoms with E-state index < -0.39 is 5.60 Å². The molecular weight excluding hydrogens is 178 g/mol. The molecule has 1 aliphatic carbocycles. The molecule has 0 radical (unpaired) electrons. The van der Waals surface area contributed by atoms with Gasteiger partial charge in [-0.2, -0.15) is 0 Å². The molecule has 0 spiro atoms. The number of aromatic nitrogens is 1. The molecular formula is C11H13NO2. The number of nitrogens with zero attached hydrogens (tertiary/aromatic N) is 1. The molecule has 1 heterocycles. The molecule has 1 aromatic rings. The van der Waals surface area contributed by atoms with Gasteiger partial charge in [-0.25, -0.2) is 0 Å². The molecule has 3 nitrogen and oxygen atoms in total. The Hall–Kier alpha value is -1.22. The fraction of sp³-hybridized carbons (Fsp3) is 0.455. The van der Waals surface area contributed by atoms with Gasteiger partial charge >= 0.3 is 0 Å². The van der Waals surface area contributed by atoms with E-state index >= 15 is 0 Å². The number of pyridine rings is 1. The van der Waals surface area contributed by atoms with Gasteiger partial charge in [0.15, 0.2) is 11.4 Å². The second-order valence-corrected chi connectivity index (χ2v) is 3.71. The number of carbonyl (C=O) groups is 1. The molecule has 74 valence electrons. The summed E-state index contributed by atoms with van der Waals surface area (Å²) in [6.07, 6.45) is 4.35. The monoisotopic (exact) mass is 191 g/mol. The lowest BCUT2D eigenvalue weighted by atomic mass is 9.81. The van der Waals surface area contributed by atoms with E-state index in [4.69, 9.17) is 0 Å². The Balaban J connectivity index is 2.35. The predicted octanol–water partition coefficient (Wildman–Crippen LogP) is 1.41. The van der Waals surface area contributed by atoms with Crippen LogP contribution < -0.4 is 0 Å². The van der Waals surface area contributed by atoms with Gasteiger partial charge in [-0.15, -0.1) is 0 Å². The Bertz CT molecular complexity index is 336. The van der Waals surface area contributed by atoms with Gasteiger partial charge in [-0.1, -0.05) is 6.07 Å². The molecule has 2 rings (SSSR count). The van der Waals surface area contributed by atoms with Crippen molar-refractivity contribution in [1.82, 2.24) is 4.98 Å². The number of hydrogen-bond acceptors (Lipinski definition) is 3. The van der Waals surface area contributed by atoms with Gasteiger partial charge in [0.05, 0.1) is 5.69 Å². The van der Waals surface area contributed by atoms with Crippen LogP contribution in [0, 0.1) is 0 Å². The van der Waals surface area contributed by atoms with Gasteiger partial charge in [0.1, 0.15) is 0 Å². The van der Waals surface area contributed by atoms with Crippen molar-refractivity contribution < 1.29 is 9.90 Å². The van der Waals surface area contributed by atoms with Gasteiger partial charge in [-0.3, -0.25) is 9.78 Å². The lowest BCUT2D eigenvalue weighted by molar-refractivity contribution is -0.142. The molecule has 0 aliphatic heterocycles. The highest BCUT2D eigenvalue weighted by molar-refractivity contribution is 5.88. The quantitative estimate of drug-likeness (QED) is 0.730. The van der Waals surface area contributed by atoms with Crippen molar-refractivity contribution in [2.45, 2.75) is 31.3 Å². The van der Waals surface area contributed by atoms with Crippen LogP contribution in [0.4, 0.5) is 0 Å². The molecule has 0 amide bonds. The van der Waals surface area contributed by atoms with E-state index in [1.54, 1.807) is 24.4 Å². The van der Waals surface area contributed by atoms with Crippen molar-refractivity contribution in [2.75, 3.05) is 0 Å².